The van der Waals surface area contributed by atoms with Gasteiger partial charge in [-0.2, -0.15) is 0 Å². The lowest BCUT2D eigenvalue weighted by molar-refractivity contribution is -0.153. The number of furan rings is 1. The molecule has 4 fully saturated rings. The molecule has 1 amide bonds. The minimum atomic E-state index is -0.102. The average Bonchev–Trinajstić information content (AvgIpc) is 3.26. The van der Waals surface area contributed by atoms with Gasteiger partial charge in [0.05, 0.1) is 12.8 Å². The van der Waals surface area contributed by atoms with Crippen molar-refractivity contribution in [2.75, 3.05) is 0 Å². The molecule has 31 heavy (non-hydrogen) atoms. The molecule has 0 unspecified atom stereocenters. The van der Waals surface area contributed by atoms with Gasteiger partial charge in [-0.15, -0.1) is 0 Å². The quantitative estimate of drug-likeness (QED) is 0.611. The van der Waals surface area contributed by atoms with Gasteiger partial charge < -0.3 is 13.9 Å². The van der Waals surface area contributed by atoms with Crippen molar-refractivity contribution < 1.29 is 9.21 Å². The highest BCUT2D eigenvalue weighted by molar-refractivity contribution is 5.82. The van der Waals surface area contributed by atoms with Gasteiger partial charge >= 0.3 is 0 Å². The zero-order valence-corrected chi connectivity index (χ0v) is 17.7. The molecule has 160 valence electrons. The molecule has 7 rings (SSSR count). The number of carbonyl (C=O) groups excluding carboxylic acids is 1. The number of nitrogens with zero attached hydrogens (tertiary/aromatic N) is 2. The van der Waals surface area contributed by atoms with Crippen LogP contribution in [0.25, 0.3) is 10.8 Å². The summed E-state index contributed by atoms with van der Waals surface area (Å²) in [5, 5.41) is 1.56. The molecule has 0 saturated heterocycles. The Labute approximate surface area is 181 Å². The van der Waals surface area contributed by atoms with Crippen molar-refractivity contribution >= 4 is 16.7 Å². The third-order valence-electron chi connectivity index (χ3n) is 7.97. The van der Waals surface area contributed by atoms with E-state index >= 15 is 0 Å². The summed E-state index contributed by atoms with van der Waals surface area (Å²) in [7, 11) is 0. The summed E-state index contributed by atoms with van der Waals surface area (Å²) < 4.78 is 7.22. The highest BCUT2D eigenvalue weighted by Gasteiger charge is 2.54. The highest BCUT2D eigenvalue weighted by Crippen LogP contribution is 2.58. The Morgan fingerprint density at radius 1 is 1.00 bits per heavy atom. The lowest BCUT2D eigenvalue weighted by Gasteiger charge is -2.60. The summed E-state index contributed by atoms with van der Waals surface area (Å²) in [6, 6.07) is 13.3. The van der Waals surface area contributed by atoms with Crippen LogP contribution in [0.1, 0.15) is 44.3 Å². The molecule has 0 radical (unpaired) electrons. The normalized spacial score (nSPS) is 28.8. The maximum atomic E-state index is 13.8. The van der Waals surface area contributed by atoms with Gasteiger partial charge in [-0.1, -0.05) is 18.2 Å². The Hall–Kier alpha value is -2.82. The lowest BCUT2D eigenvalue weighted by Crippen LogP contribution is -2.61. The Morgan fingerprint density at radius 3 is 2.39 bits per heavy atom. The van der Waals surface area contributed by atoms with E-state index in [-0.39, 0.29) is 23.6 Å². The van der Waals surface area contributed by atoms with Gasteiger partial charge in [0.1, 0.15) is 12.3 Å². The minimum absolute atomic E-state index is 0.0238. The Kier molecular flexibility index (Phi) is 4.34. The van der Waals surface area contributed by atoms with E-state index in [1.165, 1.54) is 19.3 Å². The maximum Gasteiger partial charge on any atom is 0.258 e. The van der Waals surface area contributed by atoms with Crippen LogP contribution in [0.5, 0.6) is 0 Å². The molecule has 0 spiro atoms. The first-order chi connectivity index (χ1) is 15.1. The molecule has 4 bridgehead atoms. The zero-order chi connectivity index (χ0) is 21.0. The third kappa shape index (κ3) is 3.22. The highest BCUT2D eigenvalue weighted by atomic mass is 16.3. The molecule has 2 heterocycles. The topological polar surface area (TPSA) is 55.5 Å². The van der Waals surface area contributed by atoms with Crippen LogP contribution in [0, 0.1) is 17.8 Å². The molecule has 1 aromatic carbocycles. The Balaban J connectivity index is 1.35. The SMILES string of the molecule is O=C(Cn1ccc2ccccc2c1=O)N(Cc1ccco1)C12CC3CC(CC(C3)C1)C2. The molecule has 0 aliphatic heterocycles. The van der Waals surface area contributed by atoms with Crippen LogP contribution in [0.15, 0.2) is 64.1 Å². The van der Waals surface area contributed by atoms with Crippen LogP contribution in [0.4, 0.5) is 0 Å². The zero-order valence-electron chi connectivity index (χ0n) is 17.7. The Bertz CT molecular complexity index is 1140. The van der Waals surface area contributed by atoms with E-state index in [4.69, 9.17) is 4.42 Å². The van der Waals surface area contributed by atoms with Crippen molar-refractivity contribution in [3.63, 3.8) is 0 Å². The first-order valence-electron chi connectivity index (χ1n) is 11.5. The van der Waals surface area contributed by atoms with Crippen LogP contribution < -0.4 is 5.56 Å². The van der Waals surface area contributed by atoms with E-state index < -0.39 is 0 Å². The molecule has 4 aliphatic carbocycles. The molecule has 4 aliphatic rings. The third-order valence-corrected chi connectivity index (χ3v) is 7.97. The first-order valence-corrected chi connectivity index (χ1v) is 11.5. The average molecular weight is 417 g/mol. The van der Waals surface area contributed by atoms with E-state index in [0.29, 0.717) is 11.9 Å². The fraction of sp³-hybridized carbons (Fsp3) is 0.462. The summed E-state index contributed by atoms with van der Waals surface area (Å²) in [5.74, 6) is 3.05. The second-order valence-corrected chi connectivity index (χ2v) is 10.0. The van der Waals surface area contributed by atoms with Gasteiger partial charge in [-0.05, 0) is 85.9 Å². The second kappa shape index (κ2) is 7.11. The van der Waals surface area contributed by atoms with Crippen LogP contribution >= 0.6 is 0 Å². The summed E-state index contributed by atoms with van der Waals surface area (Å²) in [5.41, 5.74) is -0.186. The number of benzene rings is 1. The fourth-order valence-electron chi connectivity index (χ4n) is 7.06. The van der Waals surface area contributed by atoms with E-state index in [0.717, 1.165) is 48.2 Å². The Morgan fingerprint density at radius 2 is 1.71 bits per heavy atom. The molecule has 5 nitrogen and oxygen atoms in total. The van der Waals surface area contributed by atoms with Crippen LogP contribution in [0.2, 0.25) is 0 Å². The summed E-state index contributed by atoms with van der Waals surface area (Å²) in [6.07, 6.45) is 10.7. The molecule has 4 saturated carbocycles. The van der Waals surface area contributed by atoms with Gasteiger partial charge in [0.2, 0.25) is 5.91 Å². The van der Waals surface area contributed by atoms with Crippen LogP contribution in [0.3, 0.4) is 0 Å². The van der Waals surface area contributed by atoms with Gasteiger partial charge in [0, 0.05) is 17.1 Å². The molecular weight excluding hydrogens is 388 g/mol. The van der Waals surface area contributed by atoms with Crippen LogP contribution in [-0.2, 0) is 17.9 Å². The van der Waals surface area contributed by atoms with Crippen LogP contribution in [-0.4, -0.2) is 20.9 Å². The smallest absolute Gasteiger partial charge is 0.258 e. The largest absolute Gasteiger partial charge is 0.467 e. The number of hydrogen-bond donors (Lipinski definition) is 0. The maximum absolute atomic E-state index is 13.8. The molecule has 3 aromatic rings. The first kappa shape index (κ1) is 18.9. The minimum Gasteiger partial charge on any atom is -0.467 e. The number of rotatable bonds is 5. The summed E-state index contributed by atoms with van der Waals surface area (Å²) in [4.78, 5) is 28.9. The van der Waals surface area contributed by atoms with Crippen molar-refractivity contribution in [1.29, 1.82) is 0 Å². The number of pyridine rings is 1. The molecular formula is C26H28N2O3. The number of amides is 1. The molecule has 0 N–H and O–H groups in total. The predicted molar refractivity (Wildman–Crippen MR) is 118 cm³/mol. The standard InChI is InChI=1S/C26H28N2O3/c29-24(17-27-8-7-21-4-1-2-6-23(21)25(27)30)28(16-22-5-3-9-31-22)26-13-18-10-19(14-26)12-20(11-18)15-26/h1-9,18-20H,10-17H2. The van der Waals surface area contributed by atoms with Gasteiger partial charge in [-0.3, -0.25) is 9.59 Å². The van der Waals surface area contributed by atoms with Gasteiger partial charge in [0.15, 0.2) is 0 Å². The molecule has 2 aromatic heterocycles. The number of fused-ring (bicyclic) bond motifs is 1. The number of carbonyl (C=O) groups is 1. The van der Waals surface area contributed by atoms with Gasteiger partial charge in [0.25, 0.3) is 5.56 Å². The van der Waals surface area contributed by atoms with E-state index in [9.17, 15) is 9.59 Å². The summed E-state index contributed by atoms with van der Waals surface area (Å²) >= 11 is 0. The number of aromatic nitrogens is 1. The van der Waals surface area contributed by atoms with E-state index in [2.05, 4.69) is 4.90 Å². The molecule has 5 heteroatoms. The van der Waals surface area contributed by atoms with E-state index in [1.54, 1.807) is 17.0 Å². The fourth-order valence-corrected chi connectivity index (χ4v) is 7.06. The number of hydrogen-bond acceptors (Lipinski definition) is 3. The van der Waals surface area contributed by atoms with Gasteiger partial charge in [-0.25, -0.2) is 0 Å². The van der Waals surface area contributed by atoms with Crippen molar-refractivity contribution in [3.05, 3.63) is 71.0 Å². The predicted octanol–water partition coefficient (Wildman–Crippen LogP) is 4.59. The van der Waals surface area contributed by atoms with Crippen molar-refractivity contribution in [2.24, 2.45) is 17.8 Å². The van der Waals surface area contributed by atoms with E-state index in [1.807, 2.05) is 42.5 Å². The van der Waals surface area contributed by atoms with Crippen molar-refractivity contribution in [3.8, 4) is 0 Å². The second-order valence-electron chi connectivity index (χ2n) is 10.0. The monoisotopic (exact) mass is 416 g/mol. The van der Waals surface area contributed by atoms with Crippen molar-refractivity contribution in [2.45, 2.75) is 57.2 Å². The molecule has 0 atom stereocenters. The summed E-state index contributed by atoms with van der Waals surface area (Å²) in [6.45, 7) is 0.562. The van der Waals surface area contributed by atoms with Crippen molar-refractivity contribution in [1.82, 2.24) is 9.47 Å². The lowest BCUT2D eigenvalue weighted by atomic mass is 9.52.